The Kier molecular flexibility index (Phi) is 4.79. The molecule has 128 valence electrons. The topological polar surface area (TPSA) is 56.2 Å². The molecule has 1 heterocycles. The van der Waals surface area contributed by atoms with E-state index in [0.29, 0.717) is 5.56 Å². The van der Waals surface area contributed by atoms with Crippen molar-refractivity contribution in [1.82, 2.24) is 15.1 Å². The Bertz CT molecular complexity index is 888. The summed E-state index contributed by atoms with van der Waals surface area (Å²) in [5.41, 5.74) is 2.36. The molecular weight excluding hydrogens is 321 g/mol. The minimum Gasteiger partial charge on any atom is -0.497 e. The number of carbonyl (C=O) groups is 1. The van der Waals surface area contributed by atoms with E-state index in [-0.39, 0.29) is 24.0 Å². The van der Waals surface area contributed by atoms with Crippen LogP contribution in [0.2, 0.25) is 0 Å². The maximum Gasteiger partial charge on any atom is 0.272 e. The molecule has 0 fully saturated rings. The number of hydrogen-bond acceptors (Lipinski definition) is 3. The van der Waals surface area contributed by atoms with E-state index in [1.165, 1.54) is 6.07 Å². The zero-order chi connectivity index (χ0) is 17.8. The molecule has 0 saturated heterocycles. The van der Waals surface area contributed by atoms with Gasteiger partial charge in [0.2, 0.25) is 0 Å². The third kappa shape index (κ3) is 3.68. The fourth-order valence-electron chi connectivity index (χ4n) is 2.48. The Morgan fingerprint density at radius 2 is 1.92 bits per heavy atom. The van der Waals surface area contributed by atoms with Gasteiger partial charge in [-0.1, -0.05) is 18.2 Å². The number of amides is 1. The number of ether oxygens (including phenoxy) is 1. The van der Waals surface area contributed by atoms with Crippen molar-refractivity contribution in [1.29, 1.82) is 0 Å². The number of aryl methyl sites for hydroxylation is 1. The Labute approximate surface area is 145 Å². The van der Waals surface area contributed by atoms with Gasteiger partial charge in [-0.2, -0.15) is 5.10 Å². The summed E-state index contributed by atoms with van der Waals surface area (Å²) >= 11 is 0. The molecule has 0 atom stereocenters. The van der Waals surface area contributed by atoms with Crippen LogP contribution in [0.5, 0.6) is 5.75 Å². The highest BCUT2D eigenvalue weighted by atomic mass is 19.1. The molecule has 0 aliphatic rings. The van der Waals surface area contributed by atoms with E-state index in [1.807, 2.05) is 31.2 Å². The fraction of sp³-hybridized carbons (Fsp3) is 0.158. The van der Waals surface area contributed by atoms with Crippen molar-refractivity contribution < 1.29 is 13.9 Å². The molecule has 0 aliphatic carbocycles. The van der Waals surface area contributed by atoms with Gasteiger partial charge in [-0.05, 0) is 43.3 Å². The van der Waals surface area contributed by atoms with Gasteiger partial charge in [0.25, 0.3) is 5.91 Å². The van der Waals surface area contributed by atoms with E-state index >= 15 is 0 Å². The second-order valence-electron chi connectivity index (χ2n) is 5.55. The number of rotatable bonds is 5. The molecule has 0 radical (unpaired) electrons. The number of aromatic nitrogens is 2. The second kappa shape index (κ2) is 7.17. The number of methoxy groups -OCH3 is 1. The van der Waals surface area contributed by atoms with Gasteiger partial charge in [0.1, 0.15) is 11.6 Å². The molecule has 0 spiro atoms. The molecule has 3 rings (SSSR count). The summed E-state index contributed by atoms with van der Waals surface area (Å²) in [7, 11) is 1.60. The lowest BCUT2D eigenvalue weighted by molar-refractivity contribution is 0.0945. The van der Waals surface area contributed by atoms with Gasteiger partial charge in [0, 0.05) is 17.8 Å². The molecule has 3 aromatic rings. The van der Waals surface area contributed by atoms with Gasteiger partial charge in [0.15, 0.2) is 5.69 Å². The molecule has 25 heavy (non-hydrogen) atoms. The summed E-state index contributed by atoms with van der Waals surface area (Å²) in [5, 5.41) is 7.03. The third-order valence-corrected chi connectivity index (χ3v) is 3.83. The van der Waals surface area contributed by atoms with Crippen LogP contribution in [0.15, 0.2) is 54.6 Å². The lowest BCUT2D eigenvalue weighted by Crippen LogP contribution is -2.23. The summed E-state index contributed by atoms with van der Waals surface area (Å²) in [6, 6.07) is 15.4. The van der Waals surface area contributed by atoms with Crippen LogP contribution < -0.4 is 10.1 Å². The fourth-order valence-corrected chi connectivity index (χ4v) is 2.48. The minimum absolute atomic E-state index is 0.111. The first-order valence-electron chi connectivity index (χ1n) is 7.81. The molecule has 1 amide bonds. The van der Waals surface area contributed by atoms with Crippen LogP contribution >= 0.6 is 0 Å². The highest BCUT2D eigenvalue weighted by Crippen LogP contribution is 2.17. The summed E-state index contributed by atoms with van der Waals surface area (Å²) in [6.07, 6.45) is 0. The standard InChI is InChI=1S/C19H18FN3O2/c1-13-11-18(19(24)21-12-14-5-3-4-6-17(14)20)22-23(13)15-7-9-16(25-2)10-8-15/h3-11H,12H2,1-2H3,(H,21,24). The van der Waals surface area contributed by atoms with Crippen LogP contribution in [0, 0.1) is 12.7 Å². The lowest BCUT2D eigenvalue weighted by atomic mass is 10.2. The van der Waals surface area contributed by atoms with E-state index < -0.39 is 0 Å². The monoisotopic (exact) mass is 339 g/mol. The predicted molar refractivity (Wildman–Crippen MR) is 92.4 cm³/mol. The van der Waals surface area contributed by atoms with Gasteiger partial charge in [-0.15, -0.1) is 0 Å². The normalized spacial score (nSPS) is 10.5. The van der Waals surface area contributed by atoms with Crippen LogP contribution in [0.3, 0.4) is 0 Å². The van der Waals surface area contributed by atoms with Gasteiger partial charge >= 0.3 is 0 Å². The van der Waals surface area contributed by atoms with E-state index in [9.17, 15) is 9.18 Å². The number of halogens is 1. The van der Waals surface area contributed by atoms with Gasteiger partial charge in [0.05, 0.1) is 12.8 Å². The second-order valence-corrected chi connectivity index (χ2v) is 5.55. The first-order valence-corrected chi connectivity index (χ1v) is 7.81. The SMILES string of the molecule is COc1ccc(-n2nc(C(=O)NCc3ccccc3F)cc2C)cc1. The van der Waals surface area contributed by atoms with Crippen molar-refractivity contribution >= 4 is 5.91 Å². The van der Waals surface area contributed by atoms with E-state index in [0.717, 1.165) is 17.1 Å². The van der Waals surface area contributed by atoms with Crippen molar-refractivity contribution in [3.8, 4) is 11.4 Å². The number of benzene rings is 2. The third-order valence-electron chi connectivity index (χ3n) is 3.83. The van der Waals surface area contributed by atoms with Gasteiger partial charge in [-0.25, -0.2) is 9.07 Å². The molecule has 0 aliphatic heterocycles. The summed E-state index contributed by atoms with van der Waals surface area (Å²) in [4.78, 5) is 12.3. The highest BCUT2D eigenvalue weighted by Gasteiger charge is 2.14. The maximum atomic E-state index is 13.6. The maximum absolute atomic E-state index is 13.6. The number of hydrogen-bond donors (Lipinski definition) is 1. The number of carbonyl (C=O) groups excluding carboxylic acids is 1. The molecule has 1 N–H and O–H groups in total. The van der Waals surface area contributed by atoms with E-state index in [2.05, 4.69) is 10.4 Å². The molecule has 0 unspecified atom stereocenters. The molecule has 1 aromatic heterocycles. The quantitative estimate of drug-likeness (QED) is 0.776. The number of nitrogens with one attached hydrogen (secondary N) is 1. The Morgan fingerprint density at radius 1 is 1.20 bits per heavy atom. The van der Waals surface area contributed by atoms with E-state index in [1.54, 1.807) is 36.1 Å². The zero-order valence-corrected chi connectivity index (χ0v) is 14.0. The zero-order valence-electron chi connectivity index (χ0n) is 14.0. The Balaban J connectivity index is 1.74. The summed E-state index contributed by atoms with van der Waals surface area (Å²) in [5.74, 6) is 0.0535. The van der Waals surface area contributed by atoms with Crippen LogP contribution in [-0.2, 0) is 6.54 Å². The highest BCUT2D eigenvalue weighted by molar-refractivity contribution is 5.92. The average Bonchev–Trinajstić information content (AvgIpc) is 3.03. The summed E-state index contributed by atoms with van der Waals surface area (Å²) < 4.78 is 20.4. The summed E-state index contributed by atoms with van der Waals surface area (Å²) in [6.45, 7) is 1.98. The molecule has 5 nitrogen and oxygen atoms in total. The molecule has 6 heteroatoms. The van der Waals surface area contributed by atoms with Gasteiger partial charge < -0.3 is 10.1 Å². The molecule has 0 bridgehead atoms. The van der Waals surface area contributed by atoms with E-state index in [4.69, 9.17) is 4.74 Å². The van der Waals surface area contributed by atoms with Crippen molar-refractivity contribution in [3.05, 3.63) is 77.4 Å². The smallest absolute Gasteiger partial charge is 0.272 e. The molecular formula is C19H18FN3O2. The van der Waals surface area contributed by atoms with Crippen molar-refractivity contribution in [2.75, 3.05) is 7.11 Å². The van der Waals surface area contributed by atoms with Crippen molar-refractivity contribution in [3.63, 3.8) is 0 Å². The minimum atomic E-state index is -0.349. The largest absolute Gasteiger partial charge is 0.497 e. The Hall–Kier alpha value is -3.15. The first-order chi connectivity index (χ1) is 12.1. The Morgan fingerprint density at radius 3 is 2.60 bits per heavy atom. The van der Waals surface area contributed by atoms with Crippen molar-refractivity contribution in [2.24, 2.45) is 0 Å². The first kappa shape index (κ1) is 16.7. The molecule has 0 saturated carbocycles. The predicted octanol–water partition coefficient (Wildman–Crippen LogP) is 3.26. The van der Waals surface area contributed by atoms with Crippen LogP contribution in [-0.4, -0.2) is 22.8 Å². The lowest BCUT2D eigenvalue weighted by Gasteiger charge is -2.06. The van der Waals surface area contributed by atoms with Gasteiger partial charge in [-0.3, -0.25) is 4.79 Å². The number of nitrogens with zero attached hydrogens (tertiary/aromatic N) is 2. The van der Waals surface area contributed by atoms with Crippen LogP contribution in [0.4, 0.5) is 4.39 Å². The van der Waals surface area contributed by atoms with Crippen LogP contribution in [0.25, 0.3) is 5.69 Å². The average molecular weight is 339 g/mol. The molecule has 2 aromatic carbocycles. The van der Waals surface area contributed by atoms with Crippen molar-refractivity contribution in [2.45, 2.75) is 13.5 Å². The van der Waals surface area contributed by atoms with Crippen LogP contribution in [0.1, 0.15) is 21.7 Å².